The summed E-state index contributed by atoms with van der Waals surface area (Å²) in [6.07, 6.45) is 0. The molecule has 1 aromatic rings. The molecule has 0 unspecified atom stereocenters. The van der Waals surface area contributed by atoms with Crippen LogP contribution in [-0.4, -0.2) is 36.5 Å². The van der Waals surface area contributed by atoms with Crippen molar-refractivity contribution in [2.24, 2.45) is 0 Å². The lowest BCUT2D eigenvalue weighted by Crippen LogP contribution is -2.34. The van der Waals surface area contributed by atoms with Crippen LogP contribution in [0.5, 0.6) is 0 Å². The van der Waals surface area contributed by atoms with Crippen molar-refractivity contribution in [3.63, 3.8) is 0 Å². The largest absolute Gasteiger partial charge is 0.477 e. The average Bonchev–Trinajstić information content (AvgIpc) is 2.74. The predicted molar refractivity (Wildman–Crippen MR) is 57.7 cm³/mol. The zero-order valence-electron chi connectivity index (χ0n) is 8.44. The molecule has 0 spiro atoms. The van der Waals surface area contributed by atoms with E-state index in [2.05, 4.69) is 10.6 Å². The van der Waals surface area contributed by atoms with Gasteiger partial charge < -0.3 is 15.7 Å². The minimum atomic E-state index is -1.07. The monoisotopic (exact) mass is 242 g/mol. The summed E-state index contributed by atoms with van der Waals surface area (Å²) in [7, 11) is 1.46. The molecule has 2 amide bonds. The molecular weight excluding hydrogens is 232 g/mol. The van der Waals surface area contributed by atoms with Crippen LogP contribution in [0.25, 0.3) is 0 Å². The second-order valence-electron chi connectivity index (χ2n) is 2.82. The molecule has 6 nitrogen and oxygen atoms in total. The van der Waals surface area contributed by atoms with Gasteiger partial charge in [0, 0.05) is 7.05 Å². The van der Waals surface area contributed by atoms with Crippen LogP contribution in [0.4, 0.5) is 0 Å². The first-order valence-corrected chi connectivity index (χ1v) is 5.18. The van der Waals surface area contributed by atoms with Gasteiger partial charge in [-0.2, -0.15) is 0 Å². The van der Waals surface area contributed by atoms with E-state index in [1.54, 1.807) is 0 Å². The summed E-state index contributed by atoms with van der Waals surface area (Å²) >= 11 is 0.865. The van der Waals surface area contributed by atoms with Gasteiger partial charge in [0.25, 0.3) is 5.91 Å². The number of carbonyl (C=O) groups excluding carboxylic acids is 2. The van der Waals surface area contributed by atoms with E-state index in [0.29, 0.717) is 0 Å². The number of carboxylic acid groups (broad SMARTS) is 1. The molecule has 0 aliphatic carbocycles. The highest BCUT2D eigenvalue weighted by Crippen LogP contribution is 2.15. The summed E-state index contributed by atoms with van der Waals surface area (Å²) < 4.78 is 0. The van der Waals surface area contributed by atoms with Gasteiger partial charge in [0.2, 0.25) is 5.91 Å². The first-order valence-electron chi connectivity index (χ1n) is 4.36. The minimum absolute atomic E-state index is 0.0880. The maximum absolute atomic E-state index is 11.4. The number of rotatable bonds is 4. The van der Waals surface area contributed by atoms with Crippen LogP contribution in [0.15, 0.2) is 12.1 Å². The Hall–Kier alpha value is -1.89. The van der Waals surface area contributed by atoms with Crippen molar-refractivity contribution in [3.8, 4) is 0 Å². The number of nitrogens with one attached hydrogen (secondary N) is 2. The van der Waals surface area contributed by atoms with Gasteiger partial charge >= 0.3 is 5.97 Å². The normalized spacial score (nSPS) is 9.56. The zero-order valence-corrected chi connectivity index (χ0v) is 9.26. The molecule has 0 aromatic carbocycles. The van der Waals surface area contributed by atoms with Gasteiger partial charge in [-0.15, -0.1) is 11.3 Å². The molecule has 0 aliphatic heterocycles. The van der Waals surface area contributed by atoms with Crippen molar-refractivity contribution < 1.29 is 19.5 Å². The Morgan fingerprint density at radius 1 is 1.31 bits per heavy atom. The molecule has 86 valence electrons. The highest BCUT2D eigenvalue weighted by molar-refractivity contribution is 7.15. The van der Waals surface area contributed by atoms with Gasteiger partial charge in [0.1, 0.15) is 4.88 Å². The van der Waals surface area contributed by atoms with Gasteiger partial charge in [-0.25, -0.2) is 4.79 Å². The standard InChI is InChI=1S/C9H10N2O4S/c1-10-7(12)4-11-8(13)5-2-3-6(16-5)9(14)15/h2-3H,4H2,1H3,(H,10,12)(H,11,13)(H,14,15). The first kappa shape index (κ1) is 12.2. The predicted octanol–water partition coefficient (Wildman–Crippen LogP) is -0.0779. The maximum Gasteiger partial charge on any atom is 0.345 e. The average molecular weight is 242 g/mol. The Labute approximate surface area is 95.3 Å². The summed E-state index contributed by atoms with van der Waals surface area (Å²) in [5.74, 6) is -1.85. The molecule has 7 heteroatoms. The van der Waals surface area contributed by atoms with Gasteiger partial charge in [-0.05, 0) is 12.1 Å². The Balaban J connectivity index is 2.59. The zero-order chi connectivity index (χ0) is 12.1. The first-order chi connectivity index (χ1) is 7.54. The molecular formula is C9H10N2O4S. The van der Waals surface area contributed by atoms with Gasteiger partial charge in [-0.3, -0.25) is 9.59 Å². The van der Waals surface area contributed by atoms with E-state index < -0.39 is 11.9 Å². The van der Waals surface area contributed by atoms with Crippen molar-refractivity contribution >= 4 is 29.1 Å². The minimum Gasteiger partial charge on any atom is -0.477 e. The Morgan fingerprint density at radius 2 is 1.94 bits per heavy atom. The molecule has 0 radical (unpaired) electrons. The number of aromatic carboxylic acids is 1. The molecule has 1 heterocycles. The van der Waals surface area contributed by atoms with E-state index >= 15 is 0 Å². The number of hydrogen-bond donors (Lipinski definition) is 3. The number of hydrogen-bond acceptors (Lipinski definition) is 4. The molecule has 0 bridgehead atoms. The van der Waals surface area contributed by atoms with Crippen LogP contribution < -0.4 is 10.6 Å². The summed E-state index contributed by atoms with van der Waals surface area (Å²) in [6, 6.07) is 2.76. The fourth-order valence-corrected chi connectivity index (χ4v) is 1.67. The van der Waals surface area contributed by atoms with E-state index in [-0.39, 0.29) is 22.2 Å². The van der Waals surface area contributed by atoms with Crippen LogP contribution in [0.2, 0.25) is 0 Å². The molecule has 1 aromatic heterocycles. The Bertz CT molecular complexity index is 427. The number of thiophene rings is 1. The molecule has 1 rings (SSSR count). The number of carboxylic acids is 1. The fourth-order valence-electron chi connectivity index (χ4n) is 0.911. The highest BCUT2D eigenvalue weighted by atomic mass is 32.1. The topological polar surface area (TPSA) is 95.5 Å². The number of amides is 2. The molecule has 0 fully saturated rings. The van der Waals surface area contributed by atoms with E-state index in [1.165, 1.54) is 19.2 Å². The second kappa shape index (κ2) is 5.26. The van der Waals surface area contributed by atoms with Crippen LogP contribution in [0, 0.1) is 0 Å². The summed E-state index contributed by atoms with van der Waals surface area (Å²) in [6.45, 7) is -0.129. The maximum atomic E-state index is 11.4. The third-order valence-corrected chi connectivity index (χ3v) is 2.80. The summed E-state index contributed by atoms with van der Waals surface area (Å²) in [5, 5.41) is 13.4. The van der Waals surface area contributed by atoms with E-state index in [4.69, 9.17) is 5.11 Å². The number of carbonyl (C=O) groups is 3. The van der Waals surface area contributed by atoms with E-state index in [0.717, 1.165) is 11.3 Å². The number of likely N-dealkylation sites (N-methyl/N-ethyl adjacent to an activating group) is 1. The van der Waals surface area contributed by atoms with Crippen molar-refractivity contribution in [2.45, 2.75) is 0 Å². The van der Waals surface area contributed by atoms with E-state index in [9.17, 15) is 14.4 Å². The van der Waals surface area contributed by atoms with Gasteiger partial charge in [0.15, 0.2) is 0 Å². The van der Waals surface area contributed by atoms with Crippen LogP contribution in [-0.2, 0) is 4.79 Å². The molecule has 0 saturated heterocycles. The smallest absolute Gasteiger partial charge is 0.345 e. The van der Waals surface area contributed by atoms with Crippen LogP contribution in [0.1, 0.15) is 19.3 Å². The lowest BCUT2D eigenvalue weighted by Gasteiger charge is -2.01. The Morgan fingerprint density at radius 3 is 2.44 bits per heavy atom. The fraction of sp³-hybridized carbons (Fsp3) is 0.222. The molecule has 3 N–H and O–H groups in total. The summed E-state index contributed by atoms with van der Waals surface area (Å²) in [4.78, 5) is 33.2. The highest BCUT2D eigenvalue weighted by Gasteiger charge is 2.13. The SMILES string of the molecule is CNC(=O)CNC(=O)c1ccc(C(=O)O)s1. The second-order valence-corrected chi connectivity index (χ2v) is 3.91. The van der Waals surface area contributed by atoms with Gasteiger partial charge in [-0.1, -0.05) is 0 Å². The lowest BCUT2D eigenvalue weighted by molar-refractivity contribution is -0.119. The van der Waals surface area contributed by atoms with E-state index in [1.807, 2.05) is 0 Å². The van der Waals surface area contributed by atoms with Crippen molar-refractivity contribution in [3.05, 3.63) is 21.9 Å². The molecule has 0 saturated carbocycles. The lowest BCUT2D eigenvalue weighted by atomic mass is 10.4. The quantitative estimate of drug-likeness (QED) is 0.688. The molecule has 0 atom stereocenters. The van der Waals surface area contributed by atoms with Crippen molar-refractivity contribution in [1.29, 1.82) is 0 Å². The molecule has 0 aliphatic rings. The Kier molecular flexibility index (Phi) is 4.01. The third kappa shape index (κ3) is 3.06. The van der Waals surface area contributed by atoms with Crippen molar-refractivity contribution in [2.75, 3.05) is 13.6 Å². The van der Waals surface area contributed by atoms with Crippen LogP contribution >= 0.6 is 11.3 Å². The van der Waals surface area contributed by atoms with Crippen LogP contribution in [0.3, 0.4) is 0 Å². The molecule has 16 heavy (non-hydrogen) atoms. The van der Waals surface area contributed by atoms with Crippen molar-refractivity contribution in [1.82, 2.24) is 10.6 Å². The third-order valence-electron chi connectivity index (χ3n) is 1.73. The summed E-state index contributed by atoms with van der Waals surface area (Å²) in [5.41, 5.74) is 0. The van der Waals surface area contributed by atoms with Gasteiger partial charge in [0.05, 0.1) is 11.4 Å².